The summed E-state index contributed by atoms with van der Waals surface area (Å²) in [7, 11) is 3.14. The summed E-state index contributed by atoms with van der Waals surface area (Å²) in [6.07, 6.45) is 6.11. The number of hydrogen-bond donors (Lipinski definition) is 3. The molecule has 0 spiro atoms. The maximum absolute atomic E-state index is 13.4. The first-order chi connectivity index (χ1) is 28.5. The Bertz CT molecular complexity index is 2420. The number of halogens is 1. The van der Waals surface area contributed by atoms with Crippen molar-refractivity contribution in [3.05, 3.63) is 75.2 Å². The van der Waals surface area contributed by atoms with E-state index < -0.39 is 29.7 Å². The van der Waals surface area contributed by atoms with Crippen LogP contribution in [0, 0.1) is 0 Å². The number of nitrogens with zero attached hydrogens (tertiary/aromatic N) is 6. The summed E-state index contributed by atoms with van der Waals surface area (Å²) in [6, 6.07) is 11.3. The first-order valence-corrected chi connectivity index (χ1v) is 20.1. The van der Waals surface area contributed by atoms with Crippen LogP contribution >= 0.6 is 11.6 Å². The van der Waals surface area contributed by atoms with Crippen molar-refractivity contribution < 1.29 is 33.4 Å². The lowest BCUT2D eigenvalue weighted by Gasteiger charge is -2.35. The highest BCUT2D eigenvalue weighted by molar-refractivity contribution is 6.33. The molecule has 3 saturated heterocycles. The van der Waals surface area contributed by atoms with Crippen LogP contribution < -0.4 is 36.0 Å². The molecule has 3 N–H and O–H groups in total. The van der Waals surface area contributed by atoms with Gasteiger partial charge in [0.05, 0.1) is 35.0 Å². The fraction of sp³-hybridized carbons (Fsp3) is 0.415. The Morgan fingerprint density at radius 1 is 0.898 bits per heavy atom. The molecular formula is C41H44ClN9O8. The molecule has 2 aromatic heterocycles. The highest BCUT2D eigenvalue weighted by Gasteiger charge is 2.45. The third-order valence-electron chi connectivity index (χ3n) is 11.4. The lowest BCUT2D eigenvalue weighted by Crippen LogP contribution is -2.54. The van der Waals surface area contributed by atoms with Gasteiger partial charge < -0.3 is 34.5 Å². The minimum absolute atomic E-state index is 0.0631. The Labute approximate surface area is 344 Å². The molecule has 2 aromatic carbocycles. The van der Waals surface area contributed by atoms with Crippen molar-refractivity contribution in [1.82, 2.24) is 30.1 Å². The Morgan fingerprint density at radius 3 is 2.41 bits per heavy atom. The fourth-order valence-electron chi connectivity index (χ4n) is 8.16. The second-order valence-electron chi connectivity index (χ2n) is 15.1. The zero-order valence-corrected chi connectivity index (χ0v) is 33.4. The van der Waals surface area contributed by atoms with Crippen LogP contribution in [-0.4, -0.2) is 107 Å². The average Bonchev–Trinajstić information content (AvgIpc) is 3.34. The Kier molecular flexibility index (Phi) is 11.2. The Morgan fingerprint density at radius 2 is 1.64 bits per heavy atom. The van der Waals surface area contributed by atoms with E-state index in [9.17, 15) is 28.8 Å². The smallest absolute Gasteiger partial charge is 0.293 e. The number of pyridine rings is 1. The zero-order chi connectivity index (χ0) is 41.4. The summed E-state index contributed by atoms with van der Waals surface area (Å²) in [5, 5.41) is 9.07. The zero-order valence-electron chi connectivity index (χ0n) is 32.7. The lowest BCUT2D eigenvalue weighted by molar-refractivity contribution is -0.136. The molecule has 8 rings (SSSR count). The van der Waals surface area contributed by atoms with Gasteiger partial charge in [0.2, 0.25) is 17.8 Å². The first-order valence-electron chi connectivity index (χ1n) is 19.7. The predicted octanol–water partition coefficient (Wildman–Crippen LogP) is 3.30. The summed E-state index contributed by atoms with van der Waals surface area (Å²) in [5.41, 5.74) is 2.40. The van der Waals surface area contributed by atoms with Gasteiger partial charge in [-0.05, 0) is 81.0 Å². The van der Waals surface area contributed by atoms with Crippen LogP contribution in [0.5, 0.6) is 5.75 Å². The van der Waals surface area contributed by atoms with E-state index in [0.717, 1.165) is 67.7 Å². The van der Waals surface area contributed by atoms with Crippen LogP contribution in [0.2, 0.25) is 5.02 Å². The summed E-state index contributed by atoms with van der Waals surface area (Å²) in [5.74, 6) is -1.36. The van der Waals surface area contributed by atoms with E-state index in [2.05, 4.69) is 30.7 Å². The Hall–Kier alpha value is -6.07. The molecule has 0 bridgehead atoms. The number of imide groups is 2. The van der Waals surface area contributed by atoms with Gasteiger partial charge in [0.25, 0.3) is 23.3 Å². The standard InChI is InChI=1S/C41H44ClN9O8/c1-43-35(53)22-58-33-19-23-18-24(5-8-31(23)48(2)40(33)57)45-36-30(42)21-44-41(47-36)50-14-3-4-26(13-17-50)59-27-11-15-49(16-12-27)25-6-7-28-29(20-25)39(56)51(38(28)55)32-9-10-34(52)46-37(32)54/h5-8,18-21,26-27,32H,3-4,9-17,22H2,1-2H3,(H,43,53)(H,44,45,47)(H,46,52,54). The molecular weight excluding hydrogens is 782 g/mol. The number of piperidine rings is 2. The lowest BCUT2D eigenvalue weighted by atomic mass is 10.0. The molecule has 4 aliphatic rings. The van der Waals surface area contributed by atoms with Gasteiger partial charge >= 0.3 is 0 Å². The van der Waals surface area contributed by atoms with E-state index in [1.165, 1.54) is 11.6 Å². The maximum Gasteiger partial charge on any atom is 0.293 e. The van der Waals surface area contributed by atoms with E-state index in [1.54, 1.807) is 31.4 Å². The van der Waals surface area contributed by atoms with Gasteiger partial charge in [-0.2, -0.15) is 4.98 Å². The van der Waals surface area contributed by atoms with Gasteiger partial charge in [0.15, 0.2) is 18.2 Å². The summed E-state index contributed by atoms with van der Waals surface area (Å²) < 4.78 is 13.6. The monoisotopic (exact) mass is 825 g/mol. The third kappa shape index (κ3) is 8.16. The van der Waals surface area contributed by atoms with Crippen molar-refractivity contribution in [3.63, 3.8) is 0 Å². The normalized spacial score (nSPS) is 20.1. The fourth-order valence-corrected chi connectivity index (χ4v) is 8.30. The van der Waals surface area contributed by atoms with Gasteiger partial charge in [-0.25, -0.2) is 4.98 Å². The molecule has 0 radical (unpaired) electrons. The highest BCUT2D eigenvalue weighted by Crippen LogP contribution is 2.33. The van der Waals surface area contributed by atoms with Crippen LogP contribution in [0.4, 0.5) is 23.1 Å². The van der Waals surface area contributed by atoms with Gasteiger partial charge in [-0.15, -0.1) is 0 Å². The number of benzene rings is 2. The van der Waals surface area contributed by atoms with E-state index >= 15 is 0 Å². The largest absolute Gasteiger partial charge is 0.478 e. The number of rotatable bonds is 10. The SMILES string of the molecule is CNC(=O)COc1cc2cc(Nc3nc(N4CCCC(OC5CCN(c6ccc7c(c6)C(=O)N(C6CCC(=O)NC6=O)C7=O)CC5)CC4)ncc3Cl)ccc2n(C)c1=O. The second-order valence-corrected chi connectivity index (χ2v) is 15.5. The number of aryl methyl sites for hydroxylation is 1. The van der Waals surface area contributed by atoms with Crippen LogP contribution in [0.15, 0.2) is 53.5 Å². The number of amides is 5. The molecule has 308 valence electrons. The van der Waals surface area contributed by atoms with Crippen LogP contribution in [0.3, 0.4) is 0 Å². The van der Waals surface area contributed by atoms with Crippen molar-refractivity contribution in [3.8, 4) is 5.75 Å². The van der Waals surface area contributed by atoms with Gasteiger partial charge in [-0.1, -0.05) is 11.6 Å². The van der Waals surface area contributed by atoms with Gasteiger partial charge in [0, 0.05) is 63.5 Å². The first kappa shape index (κ1) is 39.7. The molecule has 4 aliphatic heterocycles. The number of hydrogen-bond acceptors (Lipinski definition) is 13. The number of carbonyl (C=O) groups excluding carboxylic acids is 5. The molecule has 6 heterocycles. The number of nitrogens with one attached hydrogen (secondary N) is 3. The highest BCUT2D eigenvalue weighted by atomic mass is 35.5. The molecule has 2 atom stereocenters. The minimum Gasteiger partial charge on any atom is -0.478 e. The van der Waals surface area contributed by atoms with Crippen LogP contribution in [-0.2, 0) is 26.2 Å². The van der Waals surface area contributed by atoms with E-state index in [1.807, 2.05) is 24.3 Å². The third-order valence-corrected chi connectivity index (χ3v) is 11.7. The second kappa shape index (κ2) is 16.7. The number of aromatic nitrogens is 3. The predicted molar refractivity (Wildman–Crippen MR) is 218 cm³/mol. The Balaban J connectivity index is 0.857. The van der Waals surface area contributed by atoms with E-state index in [0.29, 0.717) is 34.5 Å². The van der Waals surface area contributed by atoms with Crippen molar-refractivity contribution in [2.75, 3.05) is 55.0 Å². The summed E-state index contributed by atoms with van der Waals surface area (Å²) >= 11 is 6.57. The molecule has 0 saturated carbocycles. The minimum atomic E-state index is -0.997. The molecule has 2 unspecified atom stereocenters. The summed E-state index contributed by atoms with van der Waals surface area (Å²) in [4.78, 5) is 89.8. The molecule has 59 heavy (non-hydrogen) atoms. The number of fused-ring (bicyclic) bond motifs is 2. The van der Waals surface area contributed by atoms with Crippen molar-refractivity contribution in [1.29, 1.82) is 0 Å². The van der Waals surface area contributed by atoms with Crippen LogP contribution in [0.25, 0.3) is 10.9 Å². The van der Waals surface area contributed by atoms with Crippen LogP contribution in [0.1, 0.15) is 65.7 Å². The van der Waals surface area contributed by atoms with E-state index in [4.69, 9.17) is 26.1 Å². The maximum atomic E-state index is 13.4. The van der Waals surface area contributed by atoms with E-state index in [-0.39, 0.29) is 60.0 Å². The van der Waals surface area contributed by atoms with Gasteiger partial charge in [0.1, 0.15) is 11.1 Å². The molecule has 17 nitrogen and oxygen atoms in total. The number of ether oxygens (including phenoxy) is 2. The van der Waals surface area contributed by atoms with Crippen molar-refractivity contribution in [2.45, 2.75) is 63.2 Å². The topological polar surface area (TPSA) is 197 Å². The van der Waals surface area contributed by atoms with Crippen molar-refractivity contribution in [2.24, 2.45) is 7.05 Å². The molecule has 0 aliphatic carbocycles. The summed E-state index contributed by atoms with van der Waals surface area (Å²) in [6.45, 7) is 2.62. The number of anilines is 4. The number of carbonyl (C=O) groups is 5. The molecule has 4 aromatic rings. The quantitative estimate of drug-likeness (QED) is 0.197. The van der Waals surface area contributed by atoms with Crippen molar-refractivity contribution >= 4 is 75.2 Å². The molecule has 3 fully saturated rings. The molecule has 18 heteroatoms. The average molecular weight is 826 g/mol. The van der Waals surface area contributed by atoms with Gasteiger partial charge in [-0.3, -0.25) is 39.0 Å². The molecule has 5 amide bonds. The number of likely N-dealkylation sites (N-methyl/N-ethyl adjacent to an activating group) is 1.